The van der Waals surface area contributed by atoms with Crippen molar-refractivity contribution in [2.24, 2.45) is 0 Å². The third kappa shape index (κ3) is 3.38. The molecule has 1 fully saturated rings. The number of ether oxygens (including phenoxy) is 1. The van der Waals surface area contributed by atoms with Gasteiger partial charge in [-0.1, -0.05) is 0 Å². The minimum atomic E-state index is -0.671. The minimum Gasteiger partial charge on any atom is -0.372 e. The van der Waals surface area contributed by atoms with E-state index >= 15 is 0 Å². The van der Waals surface area contributed by atoms with E-state index < -0.39 is 16.9 Å². The molecule has 1 heterocycles. The molecule has 4 nitrogen and oxygen atoms in total. The zero-order valence-corrected chi connectivity index (χ0v) is 9.43. The van der Waals surface area contributed by atoms with Gasteiger partial charge in [-0.3, -0.25) is 9.00 Å². The van der Waals surface area contributed by atoms with Crippen molar-refractivity contribution in [3.05, 3.63) is 0 Å². The first kappa shape index (κ1) is 11.7. The summed E-state index contributed by atoms with van der Waals surface area (Å²) in [7, 11) is 0.843. The Kier molecular flexibility index (Phi) is 4.54. The first-order chi connectivity index (χ1) is 6.63. The molecule has 0 aromatic rings. The number of carbonyl (C=O) groups is 1. The summed E-state index contributed by atoms with van der Waals surface area (Å²) in [5.74, 6) is 1.32. The molecule has 1 saturated heterocycles. The molecule has 1 amide bonds. The van der Waals surface area contributed by atoms with Gasteiger partial charge in [-0.2, -0.15) is 0 Å². The zero-order chi connectivity index (χ0) is 10.6. The van der Waals surface area contributed by atoms with Crippen LogP contribution in [0.25, 0.3) is 0 Å². The highest BCUT2D eigenvalue weighted by molar-refractivity contribution is 7.85. The third-order valence-corrected chi connectivity index (χ3v) is 3.84. The molecule has 0 spiro atoms. The van der Waals surface area contributed by atoms with Gasteiger partial charge >= 0.3 is 0 Å². The van der Waals surface area contributed by atoms with Gasteiger partial charge in [0.2, 0.25) is 5.91 Å². The van der Waals surface area contributed by atoms with Gasteiger partial charge in [0.15, 0.2) is 0 Å². The fraction of sp³-hybridized carbons (Fsp3) is 0.889. The van der Waals surface area contributed by atoms with Crippen LogP contribution in [0, 0.1) is 0 Å². The summed E-state index contributed by atoms with van der Waals surface area (Å²) in [6.45, 7) is 1.72. The standard InChI is InChI=1S/C9H17NO3S/c1-7(13-2)9(11)10-8-3-5-14(12)6-4-8/h7-8H,3-6H2,1-2H3,(H,10,11). The zero-order valence-electron chi connectivity index (χ0n) is 8.62. The maximum atomic E-state index is 11.4. The molecule has 0 bridgehead atoms. The molecule has 14 heavy (non-hydrogen) atoms. The Labute approximate surface area is 86.9 Å². The van der Waals surface area contributed by atoms with E-state index in [2.05, 4.69) is 5.32 Å². The Hall–Kier alpha value is -0.420. The first-order valence-electron chi connectivity index (χ1n) is 4.81. The largest absolute Gasteiger partial charge is 0.372 e. The Bertz CT molecular complexity index is 222. The molecule has 5 heteroatoms. The third-order valence-electron chi connectivity index (χ3n) is 2.46. The van der Waals surface area contributed by atoms with Crippen LogP contribution < -0.4 is 5.32 Å². The molecule has 1 N–H and O–H groups in total. The highest BCUT2D eigenvalue weighted by atomic mass is 32.2. The van der Waals surface area contributed by atoms with E-state index in [-0.39, 0.29) is 11.9 Å². The van der Waals surface area contributed by atoms with Crippen molar-refractivity contribution in [3.63, 3.8) is 0 Å². The summed E-state index contributed by atoms with van der Waals surface area (Å²) in [5, 5.41) is 2.89. The van der Waals surface area contributed by atoms with Gasteiger partial charge in [0.05, 0.1) is 0 Å². The van der Waals surface area contributed by atoms with Crippen LogP contribution in [0.2, 0.25) is 0 Å². The van der Waals surface area contributed by atoms with Crippen molar-refractivity contribution < 1.29 is 13.7 Å². The van der Waals surface area contributed by atoms with Crippen molar-refractivity contribution >= 4 is 16.7 Å². The molecular formula is C9H17NO3S. The number of hydrogen-bond acceptors (Lipinski definition) is 3. The van der Waals surface area contributed by atoms with Gasteiger partial charge < -0.3 is 10.1 Å². The summed E-state index contributed by atoms with van der Waals surface area (Å²) in [6.07, 6.45) is 1.23. The van der Waals surface area contributed by atoms with E-state index in [4.69, 9.17) is 4.74 Å². The summed E-state index contributed by atoms with van der Waals surface area (Å²) in [4.78, 5) is 11.4. The fourth-order valence-corrected chi connectivity index (χ4v) is 2.66. The lowest BCUT2D eigenvalue weighted by Crippen LogP contribution is -2.44. The number of methoxy groups -OCH3 is 1. The second kappa shape index (κ2) is 5.46. The van der Waals surface area contributed by atoms with Crippen LogP contribution in [0.5, 0.6) is 0 Å². The van der Waals surface area contributed by atoms with Crippen LogP contribution in [-0.2, 0) is 20.3 Å². The summed E-state index contributed by atoms with van der Waals surface area (Å²) < 4.78 is 16.0. The molecule has 1 rings (SSSR count). The van der Waals surface area contributed by atoms with Crippen LogP contribution in [0.15, 0.2) is 0 Å². The van der Waals surface area contributed by atoms with E-state index in [1.54, 1.807) is 6.92 Å². The number of hydrogen-bond donors (Lipinski definition) is 1. The number of amides is 1. The summed E-state index contributed by atoms with van der Waals surface area (Å²) >= 11 is 0. The molecule has 0 aromatic carbocycles. The fourth-order valence-electron chi connectivity index (χ4n) is 1.36. The maximum absolute atomic E-state index is 11.4. The molecule has 0 radical (unpaired) electrons. The molecule has 0 saturated carbocycles. The van der Waals surface area contributed by atoms with Crippen LogP contribution in [0.4, 0.5) is 0 Å². The van der Waals surface area contributed by atoms with Gasteiger partial charge in [-0.15, -0.1) is 0 Å². The summed E-state index contributed by atoms with van der Waals surface area (Å²) in [6, 6.07) is 0.179. The molecule has 1 unspecified atom stereocenters. The second-order valence-electron chi connectivity index (χ2n) is 3.51. The minimum absolute atomic E-state index is 0.0785. The molecule has 0 aromatic heterocycles. The van der Waals surface area contributed by atoms with Crippen molar-refractivity contribution in [2.45, 2.75) is 31.9 Å². The van der Waals surface area contributed by atoms with E-state index in [1.165, 1.54) is 7.11 Å². The lowest BCUT2D eigenvalue weighted by molar-refractivity contribution is -0.130. The topological polar surface area (TPSA) is 55.4 Å². The molecule has 82 valence electrons. The Morgan fingerprint density at radius 2 is 2.07 bits per heavy atom. The summed E-state index contributed by atoms with van der Waals surface area (Å²) in [5.41, 5.74) is 0. The van der Waals surface area contributed by atoms with Gasteiger partial charge in [-0.25, -0.2) is 0 Å². The average molecular weight is 219 g/mol. The van der Waals surface area contributed by atoms with Crippen LogP contribution in [0.1, 0.15) is 19.8 Å². The van der Waals surface area contributed by atoms with E-state index in [9.17, 15) is 9.00 Å². The van der Waals surface area contributed by atoms with E-state index in [0.717, 1.165) is 12.8 Å². The van der Waals surface area contributed by atoms with Crippen molar-refractivity contribution in [1.82, 2.24) is 5.32 Å². The van der Waals surface area contributed by atoms with Crippen molar-refractivity contribution in [3.8, 4) is 0 Å². The lowest BCUT2D eigenvalue weighted by atomic mass is 10.1. The maximum Gasteiger partial charge on any atom is 0.249 e. The Balaban J connectivity index is 2.30. The average Bonchev–Trinajstić information content (AvgIpc) is 2.20. The van der Waals surface area contributed by atoms with Gasteiger partial charge in [-0.05, 0) is 19.8 Å². The quantitative estimate of drug-likeness (QED) is 0.729. The SMILES string of the molecule is COC(C)C(=O)NC1CCS(=O)CC1. The first-order valence-corrected chi connectivity index (χ1v) is 6.30. The van der Waals surface area contributed by atoms with Crippen molar-refractivity contribution in [2.75, 3.05) is 18.6 Å². The van der Waals surface area contributed by atoms with E-state index in [0.29, 0.717) is 11.5 Å². The molecule has 0 aliphatic carbocycles. The molecule has 1 aliphatic heterocycles. The number of rotatable bonds is 3. The van der Waals surface area contributed by atoms with Crippen LogP contribution in [-0.4, -0.2) is 40.9 Å². The van der Waals surface area contributed by atoms with Gasteiger partial charge in [0.25, 0.3) is 0 Å². The lowest BCUT2D eigenvalue weighted by Gasteiger charge is -2.23. The highest BCUT2D eigenvalue weighted by Gasteiger charge is 2.21. The Morgan fingerprint density at radius 3 is 2.57 bits per heavy atom. The van der Waals surface area contributed by atoms with Crippen LogP contribution in [0.3, 0.4) is 0 Å². The highest BCUT2D eigenvalue weighted by Crippen LogP contribution is 2.09. The monoisotopic (exact) mass is 219 g/mol. The van der Waals surface area contributed by atoms with Gasteiger partial charge in [0.1, 0.15) is 6.10 Å². The predicted octanol–water partition coefficient (Wildman–Crippen LogP) is 0.0486. The predicted molar refractivity (Wildman–Crippen MR) is 55.5 cm³/mol. The van der Waals surface area contributed by atoms with Crippen LogP contribution >= 0.6 is 0 Å². The number of carbonyl (C=O) groups excluding carboxylic acids is 1. The smallest absolute Gasteiger partial charge is 0.249 e. The van der Waals surface area contributed by atoms with Crippen molar-refractivity contribution in [1.29, 1.82) is 0 Å². The van der Waals surface area contributed by atoms with Gasteiger partial charge in [0, 0.05) is 35.5 Å². The molecule has 1 atom stereocenters. The Morgan fingerprint density at radius 1 is 1.50 bits per heavy atom. The molecular weight excluding hydrogens is 202 g/mol. The normalized spacial score (nSPS) is 29.6. The second-order valence-corrected chi connectivity index (χ2v) is 5.21. The number of nitrogens with one attached hydrogen (secondary N) is 1. The molecule has 1 aliphatic rings. The van der Waals surface area contributed by atoms with E-state index in [1.807, 2.05) is 0 Å².